The highest BCUT2D eigenvalue weighted by Crippen LogP contribution is 2.31. The van der Waals surface area contributed by atoms with E-state index in [0.29, 0.717) is 22.1 Å². The third kappa shape index (κ3) is 4.69. The van der Waals surface area contributed by atoms with Crippen LogP contribution in [0.5, 0.6) is 11.5 Å². The number of nitrogens with one attached hydrogen (secondary N) is 1. The maximum absolute atomic E-state index is 13.9. The van der Waals surface area contributed by atoms with Crippen LogP contribution >= 0.6 is 27.3 Å². The average molecular weight is 465 g/mol. The summed E-state index contributed by atoms with van der Waals surface area (Å²) in [7, 11) is 1.41. The molecule has 3 aromatic rings. The van der Waals surface area contributed by atoms with Gasteiger partial charge in [0.2, 0.25) is 0 Å². The number of hydrogen-bond acceptors (Lipinski definition) is 5. The first-order valence-electron chi connectivity index (χ1n) is 8.36. The molecule has 2 aromatic carbocycles. The molecule has 5 nitrogen and oxygen atoms in total. The molecule has 1 heterocycles. The van der Waals surface area contributed by atoms with E-state index in [1.165, 1.54) is 30.6 Å². The van der Waals surface area contributed by atoms with Crippen molar-refractivity contribution in [2.45, 2.75) is 13.8 Å². The number of ether oxygens (including phenoxy) is 2. The zero-order valence-corrected chi connectivity index (χ0v) is 17.9. The van der Waals surface area contributed by atoms with E-state index in [0.717, 1.165) is 15.6 Å². The van der Waals surface area contributed by atoms with Crippen LogP contribution in [0.25, 0.3) is 11.3 Å². The molecule has 28 heavy (non-hydrogen) atoms. The van der Waals surface area contributed by atoms with Gasteiger partial charge in [0, 0.05) is 10.9 Å². The Morgan fingerprint density at radius 2 is 2.07 bits per heavy atom. The van der Waals surface area contributed by atoms with Gasteiger partial charge in [-0.25, -0.2) is 9.37 Å². The monoisotopic (exact) mass is 464 g/mol. The number of aromatic nitrogens is 1. The smallest absolute Gasteiger partial charge is 0.264 e. The molecule has 0 bridgehead atoms. The number of amides is 1. The topological polar surface area (TPSA) is 60.5 Å². The number of halogens is 2. The van der Waals surface area contributed by atoms with Crippen molar-refractivity contribution in [2.75, 3.05) is 19.0 Å². The minimum Gasteiger partial charge on any atom is -0.494 e. The summed E-state index contributed by atoms with van der Waals surface area (Å²) in [6.45, 7) is 3.77. The molecule has 0 unspecified atom stereocenters. The molecule has 0 aliphatic rings. The van der Waals surface area contributed by atoms with Gasteiger partial charge in [0.15, 0.2) is 23.3 Å². The Labute approximate surface area is 174 Å². The number of aryl methyl sites for hydroxylation is 2. The third-order valence-electron chi connectivity index (χ3n) is 3.92. The molecule has 0 radical (unpaired) electrons. The van der Waals surface area contributed by atoms with Gasteiger partial charge in [-0.05, 0) is 65.2 Å². The number of hydrogen-bond donors (Lipinski definition) is 1. The first kappa shape index (κ1) is 20.3. The Morgan fingerprint density at radius 3 is 2.75 bits per heavy atom. The van der Waals surface area contributed by atoms with E-state index in [-0.39, 0.29) is 18.3 Å². The molecule has 0 saturated carbocycles. The highest BCUT2D eigenvalue weighted by atomic mass is 79.9. The lowest BCUT2D eigenvalue weighted by Crippen LogP contribution is -2.20. The molecule has 0 atom stereocenters. The van der Waals surface area contributed by atoms with Crippen molar-refractivity contribution in [3.63, 3.8) is 0 Å². The van der Waals surface area contributed by atoms with E-state index in [2.05, 4.69) is 26.2 Å². The third-order valence-corrected chi connectivity index (χ3v) is 5.27. The fourth-order valence-corrected chi connectivity index (χ4v) is 4.19. The van der Waals surface area contributed by atoms with Crippen LogP contribution in [-0.4, -0.2) is 24.6 Å². The lowest BCUT2D eigenvalue weighted by molar-refractivity contribution is -0.118. The van der Waals surface area contributed by atoms with E-state index in [9.17, 15) is 9.18 Å². The summed E-state index contributed by atoms with van der Waals surface area (Å²) in [6.07, 6.45) is 0. The minimum atomic E-state index is -0.467. The number of anilines is 1. The van der Waals surface area contributed by atoms with E-state index in [4.69, 9.17) is 9.47 Å². The van der Waals surface area contributed by atoms with Gasteiger partial charge in [0.1, 0.15) is 5.75 Å². The molecular formula is C20H18BrFN2O3S. The molecule has 0 fully saturated rings. The lowest BCUT2D eigenvalue weighted by Gasteiger charge is -2.11. The molecular weight excluding hydrogens is 447 g/mol. The fraction of sp³-hybridized carbons (Fsp3) is 0.200. The number of carbonyl (C=O) groups is 1. The van der Waals surface area contributed by atoms with Crippen LogP contribution in [0.3, 0.4) is 0 Å². The van der Waals surface area contributed by atoms with E-state index >= 15 is 0 Å². The maximum Gasteiger partial charge on any atom is 0.264 e. The van der Waals surface area contributed by atoms with Crippen LogP contribution in [-0.2, 0) is 4.79 Å². The summed E-state index contributed by atoms with van der Waals surface area (Å²) in [4.78, 5) is 16.5. The van der Waals surface area contributed by atoms with Gasteiger partial charge in [-0.3, -0.25) is 10.1 Å². The normalized spacial score (nSPS) is 10.6. The summed E-state index contributed by atoms with van der Waals surface area (Å²) >= 11 is 4.71. The molecule has 1 amide bonds. The van der Waals surface area contributed by atoms with E-state index in [1.807, 2.05) is 26.0 Å². The van der Waals surface area contributed by atoms with Gasteiger partial charge in [0.05, 0.1) is 17.3 Å². The zero-order chi connectivity index (χ0) is 20.3. The van der Waals surface area contributed by atoms with Crippen LogP contribution < -0.4 is 14.8 Å². The van der Waals surface area contributed by atoms with Crippen molar-refractivity contribution < 1.29 is 18.7 Å². The van der Waals surface area contributed by atoms with Gasteiger partial charge >= 0.3 is 0 Å². The second-order valence-electron chi connectivity index (χ2n) is 6.12. The SMILES string of the molecule is COc1ccc(-c2csc(NC(=O)COc3c(C)cc(C)cc3Br)n2)cc1F. The number of rotatable bonds is 6. The maximum atomic E-state index is 13.9. The molecule has 0 spiro atoms. The summed E-state index contributed by atoms with van der Waals surface area (Å²) in [5.74, 6) is 0.0104. The van der Waals surface area contributed by atoms with Crippen molar-refractivity contribution >= 4 is 38.3 Å². The van der Waals surface area contributed by atoms with Gasteiger partial charge < -0.3 is 9.47 Å². The lowest BCUT2D eigenvalue weighted by atomic mass is 10.1. The van der Waals surface area contributed by atoms with E-state index in [1.54, 1.807) is 11.4 Å². The summed E-state index contributed by atoms with van der Waals surface area (Å²) in [6, 6.07) is 8.52. The van der Waals surface area contributed by atoms with Gasteiger partial charge in [-0.15, -0.1) is 11.3 Å². The van der Waals surface area contributed by atoms with Crippen molar-refractivity contribution in [2.24, 2.45) is 0 Å². The van der Waals surface area contributed by atoms with Crippen LogP contribution in [0.4, 0.5) is 9.52 Å². The Hall–Kier alpha value is -2.45. The van der Waals surface area contributed by atoms with Crippen LogP contribution in [0.15, 0.2) is 40.2 Å². The highest BCUT2D eigenvalue weighted by molar-refractivity contribution is 9.10. The number of nitrogens with zero attached hydrogens (tertiary/aromatic N) is 1. The van der Waals surface area contributed by atoms with Gasteiger partial charge in [-0.2, -0.15) is 0 Å². The number of methoxy groups -OCH3 is 1. The largest absolute Gasteiger partial charge is 0.494 e. The molecule has 146 valence electrons. The highest BCUT2D eigenvalue weighted by Gasteiger charge is 2.13. The Morgan fingerprint density at radius 1 is 1.29 bits per heavy atom. The van der Waals surface area contributed by atoms with Crippen molar-refractivity contribution in [3.05, 3.63) is 57.1 Å². The molecule has 0 aliphatic carbocycles. The molecule has 1 aromatic heterocycles. The number of carbonyl (C=O) groups excluding carboxylic acids is 1. The quantitative estimate of drug-likeness (QED) is 0.533. The number of thiazole rings is 1. The predicted molar refractivity (Wildman–Crippen MR) is 112 cm³/mol. The second kappa shape index (κ2) is 8.70. The first-order valence-corrected chi connectivity index (χ1v) is 10.0. The first-order chi connectivity index (χ1) is 13.4. The Bertz CT molecular complexity index is 999. The molecule has 0 saturated heterocycles. The van der Waals surface area contributed by atoms with Crippen LogP contribution in [0.1, 0.15) is 11.1 Å². The van der Waals surface area contributed by atoms with E-state index < -0.39 is 5.82 Å². The van der Waals surface area contributed by atoms with Crippen molar-refractivity contribution in [3.8, 4) is 22.8 Å². The Kier molecular flexibility index (Phi) is 6.31. The van der Waals surface area contributed by atoms with Gasteiger partial charge in [-0.1, -0.05) is 6.07 Å². The molecule has 1 N–H and O–H groups in total. The van der Waals surface area contributed by atoms with Crippen LogP contribution in [0.2, 0.25) is 0 Å². The molecule has 8 heteroatoms. The average Bonchev–Trinajstić information content (AvgIpc) is 3.09. The minimum absolute atomic E-state index is 0.144. The summed E-state index contributed by atoms with van der Waals surface area (Å²) < 4.78 is 25.2. The zero-order valence-electron chi connectivity index (χ0n) is 15.5. The molecule has 0 aliphatic heterocycles. The summed E-state index contributed by atoms with van der Waals surface area (Å²) in [5.41, 5.74) is 3.22. The Balaban J connectivity index is 1.64. The molecule has 3 rings (SSSR count). The number of benzene rings is 2. The summed E-state index contributed by atoms with van der Waals surface area (Å²) in [5, 5.41) is 4.86. The van der Waals surface area contributed by atoms with Crippen LogP contribution in [0, 0.1) is 19.7 Å². The fourth-order valence-electron chi connectivity index (χ4n) is 2.67. The predicted octanol–water partition coefficient (Wildman–Crippen LogP) is 5.35. The standard InChI is InChI=1S/C20H18BrFN2O3S/c1-11-6-12(2)19(14(21)7-11)27-9-18(25)24-20-23-16(10-28-20)13-4-5-17(26-3)15(22)8-13/h4-8,10H,9H2,1-3H3,(H,23,24,25). The van der Waals surface area contributed by atoms with Crippen molar-refractivity contribution in [1.29, 1.82) is 0 Å². The second-order valence-corrected chi connectivity index (χ2v) is 7.83. The van der Waals surface area contributed by atoms with Gasteiger partial charge in [0.25, 0.3) is 5.91 Å². The van der Waals surface area contributed by atoms with Crippen molar-refractivity contribution in [1.82, 2.24) is 4.98 Å².